The van der Waals surface area contributed by atoms with Gasteiger partial charge in [-0.25, -0.2) is 0 Å². The molecule has 0 bridgehead atoms. The summed E-state index contributed by atoms with van der Waals surface area (Å²) < 4.78 is 5.37. The Morgan fingerprint density at radius 1 is 1.38 bits per heavy atom. The molecule has 1 atom stereocenters. The van der Waals surface area contributed by atoms with E-state index in [-0.39, 0.29) is 0 Å². The van der Waals surface area contributed by atoms with Gasteiger partial charge in [-0.15, -0.1) is 0 Å². The molecule has 0 aliphatic carbocycles. The number of hydrogen-bond acceptors (Lipinski definition) is 1. The molecule has 70 valence electrons. The summed E-state index contributed by atoms with van der Waals surface area (Å²) in [5.41, 5.74) is 1.24. The first-order chi connectivity index (χ1) is 6.36. The summed E-state index contributed by atoms with van der Waals surface area (Å²) in [5.74, 6) is 0. The van der Waals surface area contributed by atoms with Crippen LogP contribution >= 0.6 is 0 Å². The van der Waals surface area contributed by atoms with Crippen LogP contribution in [0.25, 0.3) is 6.08 Å². The maximum absolute atomic E-state index is 5.37. The molecule has 0 spiro atoms. The van der Waals surface area contributed by atoms with Crippen molar-refractivity contribution >= 4 is 16.6 Å². The average Bonchev–Trinajstić information content (AvgIpc) is 2.21. The molecule has 0 saturated heterocycles. The second-order valence-electron chi connectivity index (χ2n) is 2.95. The van der Waals surface area contributed by atoms with Crippen molar-refractivity contribution < 1.29 is 4.43 Å². The largest absolute Gasteiger partial charge is 0.422 e. The van der Waals surface area contributed by atoms with Crippen molar-refractivity contribution in [2.24, 2.45) is 0 Å². The lowest BCUT2D eigenvalue weighted by Gasteiger charge is -2.06. The fourth-order valence-electron chi connectivity index (χ4n) is 1.16. The van der Waals surface area contributed by atoms with E-state index in [0.29, 0.717) is 6.10 Å². The second-order valence-corrected chi connectivity index (χ2v) is 3.42. The molecule has 1 unspecified atom stereocenters. The molecule has 1 rings (SSSR count). The molecule has 0 fully saturated rings. The first-order valence-corrected chi connectivity index (χ1v) is 5.44. The molecular formula is C11H16OSi. The van der Waals surface area contributed by atoms with Crippen LogP contribution in [-0.2, 0) is 4.43 Å². The summed E-state index contributed by atoms with van der Waals surface area (Å²) >= 11 is 0. The Morgan fingerprint density at radius 2 is 2.08 bits per heavy atom. The Balaban J connectivity index is 2.57. The Hall–Kier alpha value is -0.863. The zero-order valence-corrected chi connectivity index (χ0v) is 10.2. The third kappa shape index (κ3) is 3.57. The van der Waals surface area contributed by atoms with Gasteiger partial charge in [0, 0.05) is 0 Å². The van der Waals surface area contributed by atoms with E-state index in [1.807, 2.05) is 18.2 Å². The van der Waals surface area contributed by atoms with E-state index < -0.39 is 0 Å². The first-order valence-electron chi connectivity index (χ1n) is 4.63. The van der Waals surface area contributed by atoms with Crippen molar-refractivity contribution in [3.8, 4) is 0 Å². The summed E-state index contributed by atoms with van der Waals surface area (Å²) in [7, 11) is 0.807. The van der Waals surface area contributed by atoms with Crippen molar-refractivity contribution in [1.82, 2.24) is 0 Å². The van der Waals surface area contributed by atoms with Gasteiger partial charge in [-0.3, -0.25) is 0 Å². The molecule has 13 heavy (non-hydrogen) atoms. The van der Waals surface area contributed by atoms with E-state index in [9.17, 15) is 0 Å². The highest BCUT2D eigenvalue weighted by atomic mass is 28.2. The minimum atomic E-state index is 0.298. The first kappa shape index (κ1) is 10.2. The Bertz CT molecular complexity index is 252. The van der Waals surface area contributed by atoms with E-state index in [1.54, 1.807) is 0 Å². The van der Waals surface area contributed by atoms with Crippen LogP contribution in [-0.4, -0.2) is 16.6 Å². The van der Waals surface area contributed by atoms with Crippen molar-refractivity contribution in [1.29, 1.82) is 0 Å². The maximum Gasteiger partial charge on any atom is 0.146 e. The highest BCUT2D eigenvalue weighted by Gasteiger charge is 1.95. The number of hydrogen-bond donors (Lipinski definition) is 0. The smallest absolute Gasteiger partial charge is 0.146 e. The lowest BCUT2D eigenvalue weighted by Crippen LogP contribution is -2.04. The standard InChI is InChI=1S/C11H16OSi/c1-2-11(12-13)9-8-10-6-4-3-5-7-10/h3-9,11H,2H2,1,13H3. The molecule has 0 saturated carbocycles. The molecule has 1 nitrogen and oxygen atoms in total. The Labute approximate surface area is 83.0 Å². The molecule has 0 amide bonds. The van der Waals surface area contributed by atoms with E-state index in [0.717, 1.165) is 16.9 Å². The van der Waals surface area contributed by atoms with Gasteiger partial charge in [0.2, 0.25) is 0 Å². The molecule has 1 aromatic carbocycles. The number of benzene rings is 1. The molecule has 0 heterocycles. The van der Waals surface area contributed by atoms with Gasteiger partial charge in [0.1, 0.15) is 10.5 Å². The second kappa shape index (κ2) is 5.73. The molecule has 0 aliphatic heterocycles. The topological polar surface area (TPSA) is 9.23 Å². The zero-order chi connectivity index (χ0) is 9.52. The molecule has 0 aliphatic rings. The van der Waals surface area contributed by atoms with Crippen molar-refractivity contribution in [3.05, 3.63) is 42.0 Å². The SMILES string of the molecule is CCC(C=Cc1ccccc1)O[SiH3]. The third-order valence-corrected chi connectivity index (χ3v) is 2.61. The predicted octanol–water partition coefficient (Wildman–Crippen LogP) is 1.78. The van der Waals surface area contributed by atoms with Crippen LogP contribution < -0.4 is 0 Å². The van der Waals surface area contributed by atoms with Gasteiger partial charge < -0.3 is 4.43 Å². The van der Waals surface area contributed by atoms with Gasteiger partial charge in [-0.2, -0.15) is 0 Å². The summed E-state index contributed by atoms with van der Waals surface area (Å²) in [6.07, 6.45) is 5.59. The zero-order valence-electron chi connectivity index (χ0n) is 8.23. The van der Waals surface area contributed by atoms with Gasteiger partial charge >= 0.3 is 0 Å². The van der Waals surface area contributed by atoms with Crippen molar-refractivity contribution in [2.45, 2.75) is 19.4 Å². The highest BCUT2D eigenvalue weighted by molar-refractivity contribution is 5.98. The Kier molecular flexibility index (Phi) is 4.50. The molecule has 0 N–H and O–H groups in total. The highest BCUT2D eigenvalue weighted by Crippen LogP contribution is 2.04. The average molecular weight is 192 g/mol. The quantitative estimate of drug-likeness (QED) is 0.661. The fourth-order valence-corrected chi connectivity index (χ4v) is 1.65. The normalized spacial score (nSPS) is 13.6. The van der Waals surface area contributed by atoms with Gasteiger partial charge in [0.25, 0.3) is 0 Å². The summed E-state index contributed by atoms with van der Waals surface area (Å²) in [6.45, 7) is 2.14. The molecule has 0 aromatic heterocycles. The molecular weight excluding hydrogens is 176 g/mol. The van der Waals surface area contributed by atoms with Gasteiger partial charge in [0.05, 0.1) is 6.10 Å². The predicted molar refractivity (Wildman–Crippen MR) is 60.6 cm³/mol. The van der Waals surface area contributed by atoms with Gasteiger partial charge in [-0.1, -0.05) is 49.4 Å². The van der Waals surface area contributed by atoms with Crippen LogP contribution in [0, 0.1) is 0 Å². The third-order valence-electron chi connectivity index (χ3n) is 2.01. The number of rotatable bonds is 4. The van der Waals surface area contributed by atoms with Crippen molar-refractivity contribution in [3.63, 3.8) is 0 Å². The summed E-state index contributed by atoms with van der Waals surface area (Å²) in [4.78, 5) is 0. The van der Waals surface area contributed by atoms with Crippen LogP contribution in [0.15, 0.2) is 36.4 Å². The monoisotopic (exact) mass is 192 g/mol. The van der Waals surface area contributed by atoms with E-state index in [2.05, 4.69) is 31.2 Å². The van der Waals surface area contributed by atoms with Crippen LogP contribution in [0.4, 0.5) is 0 Å². The maximum atomic E-state index is 5.37. The lowest BCUT2D eigenvalue weighted by atomic mass is 10.2. The van der Waals surface area contributed by atoms with Crippen LogP contribution in [0.1, 0.15) is 18.9 Å². The van der Waals surface area contributed by atoms with Crippen molar-refractivity contribution in [2.75, 3.05) is 0 Å². The Morgan fingerprint density at radius 3 is 2.62 bits per heavy atom. The minimum Gasteiger partial charge on any atom is -0.422 e. The van der Waals surface area contributed by atoms with Crippen LogP contribution in [0.2, 0.25) is 0 Å². The molecule has 2 heteroatoms. The molecule has 0 radical (unpaired) electrons. The van der Waals surface area contributed by atoms with Crippen LogP contribution in [0.5, 0.6) is 0 Å². The fraction of sp³-hybridized carbons (Fsp3) is 0.273. The minimum absolute atomic E-state index is 0.298. The lowest BCUT2D eigenvalue weighted by molar-refractivity contribution is 0.270. The van der Waals surface area contributed by atoms with E-state index in [1.165, 1.54) is 5.56 Å². The van der Waals surface area contributed by atoms with E-state index >= 15 is 0 Å². The van der Waals surface area contributed by atoms with E-state index in [4.69, 9.17) is 4.43 Å². The van der Waals surface area contributed by atoms with Gasteiger partial charge in [-0.05, 0) is 12.0 Å². The van der Waals surface area contributed by atoms with Gasteiger partial charge in [0.15, 0.2) is 0 Å². The summed E-state index contributed by atoms with van der Waals surface area (Å²) in [5, 5.41) is 0. The molecule has 1 aromatic rings. The summed E-state index contributed by atoms with van der Waals surface area (Å²) in [6, 6.07) is 10.3. The van der Waals surface area contributed by atoms with Crippen LogP contribution in [0.3, 0.4) is 0 Å².